The Morgan fingerprint density at radius 2 is 2.14 bits per heavy atom. The molecule has 0 saturated carbocycles. The molecular weight excluding hydrogens is 370 g/mol. The van der Waals surface area contributed by atoms with Crippen LogP contribution in [0.5, 0.6) is 0 Å². The number of carbonyl (C=O) groups excluding carboxylic acids is 1. The Hall–Kier alpha value is -2.51. The molecule has 0 aliphatic carbocycles. The van der Waals surface area contributed by atoms with E-state index in [-0.39, 0.29) is 11.8 Å². The lowest BCUT2D eigenvalue weighted by Gasteiger charge is -2.32. The SMILES string of the molecule is O=C(Nc1ccc(-c2cscn2)cc1)[C@H]1CCCN(CCCn2cccn2)C1. The number of aromatic nitrogens is 3. The van der Waals surface area contributed by atoms with Crippen LogP contribution in [-0.4, -0.2) is 45.2 Å². The minimum atomic E-state index is 0.0525. The van der Waals surface area contributed by atoms with Crippen molar-refractivity contribution in [1.29, 1.82) is 0 Å². The van der Waals surface area contributed by atoms with E-state index in [1.54, 1.807) is 11.3 Å². The molecule has 1 amide bonds. The van der Waals surface area contributed by atoms with Crippen molar-refractivity contribution in [1.82, 2.24) is 19.7 Å². The molecule has 3 heterocycles. The van der Waals surface area contributed by atoms with Crippen LogP contribution in [0.15, 0.2) is 53.6 Å². The highest BCUT2D eigenvalue weighted by Crippen LogP contribution is 2.23. The summed E-state index contributed by atoms with van der Waals surface area (Å²) in [5, 5.41) is 9.35. The molecule has 1 fully saturated rings. The molecule has 0 bridgehead atoms. The first-order valence-corrected chi connectivity index (χ1v) is 10.7. The van der Waals surface area contributed by atoms with Crippen LogP contribution < -0.4 is 5.32 Å². The second-order valence-electron chi connectivity index (χ2n) is 7.20. The molecule has 1 aliphatic heterocycles. The van der Waals surface area contributed by atoms with E-state index in [9.17, 15) is 4.79 Å². The molecule has 7 heteroatoms. The number of thiazole rings is 1. The minimum absolute atomic E-state index is 0.0525. The maximum absolute atomic E-state index is 12.7. The van der Waals surface area contributed by atoms with Gasteiger partial charge in [-0.1, -0.05) is 12.1 Å². The van der Waals surface area contributed by atoms with Gasteiger partial charge in [0.05, 0.1) is 17.1 Å². The third-order valence-corrected chi connectivity index (χ3v) is 5.76. The lowest BCUT2D eigenvalue weighted by molar-refractivity contribution is -0.121. The molecule has 0 spiro atoms. The molecule has 1 aliphatic rings. The van der Waals surface area contributed by atoms with Gasteiger partial charge in [-0.3, -0.25) is 9.48 Å². The smallest absolute Gasteiger partial charge is 0.228 e. The fourth-order valence-corrected chi connectivity index (χ4v) is 4.25. The van der Waals surface area contributed by atoms with Gasteiger partial charge in [-0.15, -0.1) is 11.3 Å². The van der Waals surface area contributed by atoms with E-state index in [4.69, 9.17) is 0 Å². The molecule has 2 aromatic heterocycles. The Morgan fingerprint density at radius 1 is 1.25 bits per heavy atom. The summed E-state index contributed by atoms with van der Waals surface area (Å²) >= 11 is 1.58. The maximum atomic E-state index is 12.7. The Kier molecular flexibility index (Phi) is 6.14. The summed E-state index contributed by atoms with van der Waals surface area (Å²) in [6.07, 6.45) is 6.88. The Bertz CT molecular complexity index is 861. The average Bonchev–Trinajstić information content (AvgIpc) is 3.43. The third-order valence-electron chi connectivity index (χ3n) is 5.18. The van der Waals surface area contributed by atoms with Crippen molar-refractivity contribution in [3.63, 3.8) is 0 Å². The number of amides is 1. The molecule has 3 aromatic rings. The zero-order valence-electron chi connectivity index (χ0n) is 15.8. The number of hydrogen-bond donors (Lipinski definition) is 1. The molecule has 1 saturated heterocycles. The van der Waals surface area contributed by atoms with Crippen molar-refractivity contribution in [3.05, 3.63) is 53.6 Å². The summed E-state index contributed by atoms with van der Waals surface area (Å²) in [4.78, 5) is 19.4. The van der Waals surface area contributed by atoms with Crippen LogP contribution in [-0.2, 0) is 11.3 Å². The molecule has 1 N–H and O–H groups in total. The zero-order chi connectivity index (χ0) is 19.2. The summed E-state index contributed by atoms with van der Waals surface area (Å²) in [6.45, 7) is 3.84. The van der Waals surface area contributed by atoms with Crippen molar-refractivity contribution in [2.75, 3.05) is 25.0 Å². The lowest BCUT2D eigenvalue weighted by Crippen LogP contribution is -2.41. The van der Waals surface area contributed by atoms with Gasteiger partial charge in [0.15, 0.2) is 0 Å². The summed E-state index contributed by atoms with van der Waals surface area (Å²) < 4.78 is 1.96. The van der Waals surface area contributed by atoms with E-state index >= 15 is 0 Å². The normalized spacial score (nSPS) is 17.5. The standard InChI is InChI=1S/C21H25N5OS/c27-21(24-19-7-5-17(6-8-19)20-15-28-16-22-20)18-4-1-10-25(14-18)11-3-13-26-12-2-9-23-26/h2,5-9,12,15-16,18H,1,3-4,10-11,13-14H2,(H,24,27)/t18-/m0/s1. The maximum Gasteiger partial charge on any atom is 0.228 e. The fraction of sp³-hybridized carbons (Fsp3) is 0.381. The van der Waals surface area contributed by atoms with Crippen molar-refractivity contribution in [3.8, 4) is 11.3 Å². The van der Waals surface area contributed by atoms with Crippen LogP contribution in [0.1, 0.15) is 19.3 Å². The molecule has 4 rings (SSSR count). The summed E-state index contributed by atoms with van der Waals surface area (Å²) in [5.41, 5.74) is 4.72. The first-order valence-electron chi connectivity index (χ1n) is 9.77. The fourth-order valence-electron chi connectivity index (χ4n) is 3.69. The summed E-state index contributed by atoms with van der Waals surface area (Å²) in [5.74, 6) is 0.176. The molecular formula is C21H25N5OS. The number of likely N-dealkylation sites (tertiary alicyclic amines) is 1. The van der Waals surface area contributed by atoms with Gasteiger partial charge < -0.3 is 10.2 Å². The van der Waals surface area contributed by atoms with Gasteiger partial charge in [0.25, 0.3) is 0 Å². The highest BCUT2D eigenvalue weighted by Gasteiger charge is 2.25. The van der Waals surface area contributed by atoms with E-state index in [0.717, 1.165) is 62.4 Å². The number of aryl methyl sites for hydroxylation is 1. The van der Waals surface area contributed by atoms with Gasteiger partial charge in [-0.05, 0) is 50.6 Å². The predicted octanol–water partition coefficient (Wildman–Crippen LogP) is 3.75. The number of hydrogen-bond acceptors (Lipinski definition) is 5. The van der Waals surface area contributed by atoms with Crippen LogP contribution in [0.4, 0.5) is 5.69 Å². The highest BCUT2D eigenvalue weighted by molar-refractivity contribution is 7.07. The van der Waals surface area contributed by atoms with Gasteiger partial charge in [0.1, 0.15) is 0 Å². The Labute approximate surface area is 169 Å². The molecule has 0 unspecified atom stereocenters. The van der Waals surface area contributed by atoms with E-state index in [1.165, 1.54) is 0 Å². The minimum Gasteiger partial charge on any atom is -0.326 e. The van der Waals surface area contributed by atoms with Crippen LogP contribution in [0.2, 0.25) is 0 Å². The highest BCUT2D eigenvalue weighted by atomic mass is 32.1. The van der Waals surface area contributed by atoms with E-state index in [0.29, 0.717) is 0 Å². The molecule has 28 heavy (non-hydrogen) atoms. The molecule has 1 atom stereocenters. The number of nitrogens with one attached hydrogen (secondary N) is 1. The number of rotatable bonds is 7. The topological polar surface area (TPSA) is 63.1 Å². The van der Waals surface area contributed by atoms with Crippen molar-refractivity contribution in [2.45, 2.75) is 25.8 Å². The van der Waals surface area contributed by atoms with Crippen LogP contribution in [0.3, 0.4) is 0 Å². The van der Waals surface area contributed by atoms with Crippen LogP contribution >= 0.6 is 11.3 Å². The van der Waals surface area contributed by atoms with E-state index < -0.39 is 0 Å². The molecule has 146 valence electrons. The third kappa shape index (κ3) is 4.85. The van der Waals surface area contributed by atoms with Gasteiger partial charge in [-0.2, -0.15) is 5.10 Å². The first kappa shape index (κ1) is 18.8. The molecule has 1 aromatic carbocycles. The molecule has 6 nitrogen and oxygen atoms in total. The van der Waals surface area contributed by atoms with Gasteiger partial charge in [-0.25, -0.2) is 4.98 Å². The van der Waals surface area contributed by atoms with E-state index in [1.807, 2.05) is 58.3 Å². The monoisotopic (exact) mass is 395 g/mol. The summed E-state index contributed by atoms with van der Waals surface area (Å²) in [6, 6.07) is 9.87. The van der Waals surface area contributed by atoms with Crippen molar-refractivity contribution >= 4 is 22.9 Å². The second kappa shape index (κ2) is 9.12. The van der Waals surface area contributed by atoms with Gasteiger partial charge >= 0.3 is 0 Å². The van der Waals surface area contributed by atoms with Crippen molar-refractivity contribution < 1.29 is 4.79 Å². The Morgan fingerprint density at radius 3 is 2.89 bits per heavy atom. The van der Waals surface area contributed by atoms with E-state index in [2.05, 4.69) is 20.3 Å². The van der Waals surface area contributed by atoms with Crippen LogP contribution in [0, 0.1) is 5.92 Å². The van der Waals surface area contributed by atoms with Crippen LogP contribution in [0.25, 0.3) is 11.3 Å². The number of piperidine rings is 1. The lowest BCUT2D eigenvalue weighted by atomic mass is 9.97. The van der Waals surface area contributed by atoms with Gasteiger partial charge in [0, 0.05) is 42.1 Å². The Balaban J connectivity index is 1.26. The number of anilines is 1. The van der Waals surface area contributed by atoms with Gasteiger partial charge in [0.2, 0.25) is 5.91 Å². The first-order chi connectivity index (χ1) is 13.8. The second-order valence-corrected chi connectivity index (χ2v) is 7.92. The molecule has 0 radical (unpaired) electrons. The largest absolute Gasteiger partial charge is 0.326 e. The number of carbonyl (C=O) groups is 1. The summed E-state index contributed by atoms with van der Waals surface area (Å²) in [7, 11) is 0. The van der Waals surface area contributed by atoms with Crippen molar-refractivity contribution in [2.24, 2.45) is 5.92 Å². The number of benzene rings is 1. The predicted molar refractivity (Wildman–Crippen MR) is 112 cm³/mol. The average molecular weight is 396 g/mol. The number of nitrogens with zero attached hydrogens (tertiary/aromatic N) is 4. The zero-order valence-corrected chi connectivity index (χ0v) is 16.6. The quantitative estimate of drug-likeness (QED) is 0.662.